The van der Waals surface area contributed by atoms with Crippen molar-refractivity contribution in [1.29, 1.82) is 0 Å². The van der Waals surface area contributed by atoms with Crippen molar-refractivity contribution >= 4 is 12.1 Å². The summed E-state index contributed by atoms with van der Waals surface area (Å²) in [5, 5.41) is 15.1. The summed E-state index contributed by atoms with van der Waals surface area (Å²) in [4.78, 5) is 25.8. The highest BCUT2D eigenvalue weighted by molar-refractivity contribution is 5.74. The average Bonchev–Trinajstić information content (AvgIpc) is 2.46. The predicted octanol–water partition coefficient (Wildman–Crippen LogP) is -0.00880. The van der Waals surface area contributed by atoms with E-state index in [2.05, 4.69) is 10.6 Å². The number of hydrogen-bond donors (Lipinski definition) is 3. The number of nitrogens with zero attached hydrogens (tertiary/aromatic N) is 2. The molecule has 0 radical (unpaired) electrons. The third kappa shape index (κ3) is 3.99. The van der Waals surface area contributed by atoms with E-state index in [0.29, 0.717) is 32.1 Å². The van der Waals surface area contributed by atoms with Gasteiger partial charge in [-0.1, -0.05) is 0 Å². The van der Waals surface area contributed by atoms with Crippen LogP contribution < -0.4 is 10.6 Å². The number of urea groups is 1. The minimum atomic E-state index is -0.908. The van der Waals surface area contributed by atoms with Crippen LogP contribution in [0.25, 0.3) is 0 Å². The third-order valence-corrected chi connectivity index (χ3v) is 3.84. The zero-order chi connectivity index (χ0) is 13.7. The maximum Gasteiger partial charge on any atom is 0.407 e. The lowest BCUT2D eigenvalue weighted by molar-refractivity contribution is 0.111. The van der Waals surface area contributed by atoms with Crippen molar-refractivity contribution in [3.05, 3.63) is 0 Å². The highest BCUT2D eigenvalue weighted by Crippen LogP contribution is 2.10. The molecule has 7 nitrogen and oxygen atoms in total. The van der Waals surface area contributed by atoms with E-state index >= 15 is 0 Å². The van der Waals surface area contributed by atoms with E-state index in [1.54, 1.807) is 4.90 Å². The Morgan fingerprint density at radius 3 is 2.26 bits per heavy atom. The minimum absolute atomic E-state index is 0.0661. The van der Waals surface area contributed by atoms with Gasteiger partial charge in [0, 0.05) is 32.7 Å². The normalized spacial score (nSPS) is 21.3. The predicted molar refractivity (Wildman–Crippen MR) is 70.2 cm³/mol. The molecule has 2 aliphatic rings. The second kappa shape index (κ2) is 6.60. The quantitative estimate of drug-likeness (QED) is 0.659. The molecule has 7 heteroatoms. The molecule has 3 N–H and O–H groups in total. The van der Waals surface area contributed by atoms with Crippen molar-refractivity contribution in [2.24, 2.45) is 5.92 Å². The van der Waals surface area contributed by atoms with E-state index in [1.807, 2.05) is 0 Å². The summed E-state index contributed by atoms with van der Waals surface area (Å²) in [5.41, 5.74) is 0. The van der Waals surface area contributed by atoms with Crippen molar-refractivity contribution in [2.45, 2.75) is 12.8 Å². The first-order chi connectivity index (χ1) is 9.16. The molecule has 3 amide bonds. The average molecular weight is 270 g/mol. The van der Waals surface area contributed by atoms with Gasteiger partial charge in [0.1, 0.15) is 0 Å². The topological polar surface area (TPSA) is 84.9 Å². The van der Waals surface area contributed by atoms with Gasteiger partial charge in [-0.3, -0.25) is 0 Å². The van der Waals surface area contributed by atoms with Gasteiger partial charge in [-0.2, -0.15) is 0 Å². The van der Waals surface area contributed by atoms with Gasteiger partial charge in [-0.05, 0) is 31.8 Å². The molecular weight excluding hydrogens is 248 g/mol. The summed E-state index contributed by atoms with van der Waals surface area (Å²) >= 11 is 0. The number of carbonyl (C=O) groups is 2. The number of piperazine rings is 1. The molecule has 108 valence electrons. The Hall–Kier alpha value is -1.50. The fraction of sp³-hybridized carbons (Fsp3) is 0.833. The maximum atomic E-state index is 12.0. The van der Waals surface area contributed by atoms with Crippen molar-refractivity contribution < 1.29 is 14.7 Å². The zero-order valence-corrected chi connectivity index (χ0v) is 11.1. The largest absolute Gasteiger partial charge is 0.465 e. The van der Waals surface area contributed by atoms with Crippen LogP contribution in [0.5, 0.6) is 0 Å². The molecule has 2 rings (SSSR count). The third-order valence-electron chi connectivity index (χ3n) is 3.84. The molecule has 0 aromatic carbocycles. The summed E-state index contributed by atoms with van der Waals surface area (Å²) in [6.45, 7) is 4.52. The zero-order valence-electron chi connectivity index (χ0n) is 11.1. The van der Waals surface area contributed by atoms with Crippen LogP contribution in [0.15, 0.2) is 0 Å². The van der Waals surface area contributed by atoms with Gasteiger partial charge in [-0.15, -0.1) is 0 Å². The number of nitrogens with one attached hydrogen (secondary N) is 2. The smallest absolute Gasteiger partial charge is 0.407 e. The second-order valence-corrected chi connectivity index (χ2v) is 5.14. The maximum absolute atomic E-state index is 12.0. The van der Waals surface area contributed by atoms with Gasteiger partial charge >= 0.3 is 12.1 Å². The van der Waals surface area contributed by atoms with E-state index in [0.717, 1.165) is 32.5 Å². The Kier molecular flexibility index (Phi) is 4.84. The van der Waals surface area contributed by atoms with Gasteiger partial charge in [0.05, 0.1) is 0 Å². The fourth-order valence-corrected chi connectivity index (χ4v) is 2.53. The van der Waals surface area contributed by atoms with Crippen molar-refractivity contribution in [3.8, 4) is 0 Å². The monoisotopic (exact) mass is 270 g/mol. The van der Waals surface area contributed by atoms with Crippen LogP contribution >= 0.6 is 0 Å². The molecule has 2 saturated heterocycles. The summed E-state index contributed by atoms with van der Waals surface area (Å²) in [6.07, 6.45) is 1.30. The first kappa shape index (κ1) is 13.9. The van der Waals surface area contributed by atoms with Crippen LogP contribution in [0, 0.1) is 5.92 Å². The fourth-order valence-electron chi connectivity index (χ4n) is 2.53. The van der Waals surface area contributed by atoms with E-state index in [1.165, 1.54) is 4.90 Å². The van der Waals surface area contributed by atoms with Gasteiger partial charge in [-0.25, -0.2) is 9.59 Å². The lowest BCUT2D eigenvalue weighted by Gasteiger charge is -2.33. The lowest BCUT2D eigenvalue weighted by Crippen LogP contribution is -2.53. The Morgan fingerprint density at radius 1 is 1.11 bits per heavy atom. The van der Waals surface area contributed by atoms with Crippen molar-refractivity contribution in [3.63, 3.8) is 0 Å². The molecule has 0 spiro atoms. The summed E-state index contributed by atoms with van der Waals surface area (Å²) < 4.78 is 0. The Bertz CT molecular complexity index is 323. The highest BCUT2D eigenvalue weighted by Gasteiger charge is 2.24. The first-order valence-corrected chi connectivity index (χ1v) is 6.88. The number of amides is 3. The molecule has 0 unspecified atom stereocenters. The van der Waals surface area contributed by atoms with Gasteiger partial charge in [0.15, 0.2) is 0 Å². The number of carboxylic acid groups (broad SMARTS) is 1. The lowest BCUT2D eigenvalue weighted by atomic mass is 9.98. The molecule has 19 heavy (non-hydrogen) atoms. The Labute approximate surface area is 112 Å². The molecule has 0 atom stereocenters. The SMILES string of the molecule is O=C(O)N1CCN(C(=O)NCC2CCNCC2)CC1. The molecule has 2 heterocycles. The van der Waals surface area contributed by atoms with E-state index in [4.69, 9.17) is 5.11 Å². The van der Waals surface area contributed by atoms with E-state index in [-0.39, 0.29) is 6.03 Å². The number of hydrogen-bond acceptors (Lipinski definition) is 3. The second-order valence-electron chi connectivity index (χ2n) is 5.14. The number of rotatable bonds is 2. The minimum Gasteiger partial charge on any atom is -0.465 e. The summed E-state index contributed by atoms with van der Waals surface area (Å²) in [5.74, 6) is 0.561. The molecule has 0 aliphatic carbocycles. The standard InChI is InChI=1S/C12H22N4O3/c17-11(14-9-10-1-3-13-4-2-10)15-5-7-16(8-6-15)12(18)19/h10,13H,1-9H2,(H,14,17)(H,18,19). The molecule has 0 aromatic heterocycles. The molecule has 0 bridgehead atoms. The van der Waals surface area contributed by atoms with Crippen LogP contribution in [0.4, 0.5) is 9.59 Å². The van der Waals surface area contributed by atoms with Crippen LogP contribution in [-0.2, 0) is 0 Å². The van der Waals surface area contributed by atoms with E-state index in [9.17, 15) is 9.59 Å². The van der Waals surface area contributed by atoms with Crippen molar-refractivity contribution in [1.82, 2.24) is 20.4 Å². The molecule has 0 saturated carbocycles. The first-order valence-electron chi connectivity index (χ1n) is 6.88. The summed E-state index contributed by atoms with van der Waals surface area (Å²) in [7, 11) is 0. The van der Waals surface area contributed by atoms with Crippen molar-refractivity contribution in [2.75, 3.05) is 45.8 Å². The number of carbonyl (C=O) groups excluding carboxylic acids is 1. The summed E-state index contributed by atoms with van der Waals surface area (Å²) in [6, 6.07) is -0.0661. The van der Waals surface area contributed by atoms with Crippen LogP contribution in [0.1, 0.15) is 12.8 Å². The highest BCUT2D eigenvalue weighted by atomic mass is 16.4. The van der Waals surface area contributed by atoms with Crippen LogP contribution in [0.3, 0.4) is 0 Å². The van der Waals surface area contributed by atoms with Crippen LogP contribution in [0.2, 0.25) is 0 Å². The molecule has 2 fully saturated rings. The molecule has 0 aromatic rings. The van der Waals surface area contributed by atoms with Crippen LogP contribution in [-0.4, -0.2) is 72.8 Å². The Morgan fingerprint density at radius 2 is 1.68 bits per heavy atom. The Balaban J connectivity index is 1.67. The molecule has 2 aliphatic heterocycles. The van der Waals surface area contributed by atoms with Gasteiger partial charge < -0.3 is 25.5 Å². The van der Waals surface area contributed by atoms with Gasteiger partial charge in [0.25, 0.3) is 0 Å². The van der Waals surface area contributed by atoms with Gasteiger partial charge in [0.2, 0.25) is 0 Å². The number of piperidine rings is 1. The van der Waals surface area contributed by atoms with E-state index < -0.39 is 6.09 Å². The molecular formula is C12H22N4O3.